The number of rotatable bonds is 19. The number of ether oxygens (including phenoxy) is 2. The van der Waals surface area contributed by atoms with Crippen molar-refractivity contribution in [1.82, 2.24) is 20.6 Å². The van der Waals surface area contributed by atoms with E-state index >= 15 is 0 Å². The smallest absolute Gasteiger partial charge is 0.306 e. The number of pyridine rings is 2. The van der Waals surface area contributed by atoms with Crippen LogP contribution in [-0.2, 0) is 22.7 Å². The molecule has 274 valence electrons. The number of aliphatic hydroxyl groups excluding tert-OH is 2. The number of carboxylic acids is 2. The number of aliphatic hydroxyl groups is 2. The van der Waals surface area contributed by atoms with Gasteiger partial charge >= 0.3 is 11.9 Å². The van der Waals surface area contributed by atoms with E-state index in [1.807, 2.05) is 60.7 Å². The molecule has 4 aromatic rings. The summed E-state index contributed by atoms with van der Waals surface area (Å²) in [7, 11) is 3.09. The van der Waals surface area contributed by atoms with Crippen LogP contribution in [0.3, 0.4) is 0 Å². The third-order valence-electron chi connectivity index (χ3n) is 8.43. The highest BCUT2D eigenvalue weighted by molar-refractivity contribution is 5.81. The van der Waals surface area contributed by atoms with Crippen LogP contribution in [0.1, 0.15) is 57.6 Å². The fourth-order valence-electron chi connectivity index (χ4n) is 5.67. The largest absolute Gasteiger partial charge is 0.481 e. The van der Waals surface area contributed by atoms with Gasteiger partial charge < -0.3 is 40.5 Å². The van der Waals surface area contributed by atoms with Crippen LogP contribution in [-0.4, -0.2) is 81.8 Å². The lowest BCUT2D eigenvalue weighted by atomic mass is 9.91. The van der Waals surface area contributed by atoms with Crippen molar-refractivity contribution in [3.05, 3.63) is 105 Å². The summed E-state index contributed by atoms with van der Waals surface area (Å²) < 4.78 is 11.0. The number of aliphatic carboxylic acids is 2. The highest BCUT2D eigenvalue weighted by Crippen LogP contribution is 2.32. The molecule has 0 aliphatic rings. The first-order valence-corrected chi connectivity index (χ1v) is 16.8. The summed E-state index contributed by atoms with van der Waals surface area (Å²) in [6, 6.07) is 20.0. The Labute approximate surface area is 303 Å². The van der Waals surface area contributed by atoms with Crippen molar-refractivity contribution in [1.29, 1.82) is 0 Å². The van der Waals surface area contributed by atoms with Crippen LogP contribution in [0.4, 0.5) is 0 Å². The van der Waals surface area contributed by atoms with Crippen LogP contribution in [0.15, 0.2) is 60.7 Å². The van der Waals surface area contributed by atoms with Crippen molar-refractivity contribution in [2.45, 2.75) is 52.0 Å². The summed E-state index contributed by atoms with van der Waals surface area (Å²) in [6.07, 6.45) is 5.29. The van der Waals surface area contributed by atoms with E-state index in [-0.39, 0.29) is 25.9 Å². The summed E-state index contributed by atoms with van der Waals surface area (Å²) >= 11 is 0. The quantitative estimate of drug-likeness (QED) is 0.0770. The number of hydrogen-bond acceptors (Lipinski definition) is 10. The highest BCUT2D eigenvalue weighted by Gasteiger charge is 2.13. The van der Waals surface area contributed by atoms with Gasteiger partial charge in [-0.2, -0.15) is 0 Å². The van der Waals surface area contributed by atoms with E-state index in [4.69, 9.17) is 19.7 Å². The number of hydrogen-bond donors (Lipinski definition) is 6. The maximum absolute atomic E-state index is 10.8. The topological polar surface area (TPSA) is 183 Å². The Balaban J connectivity index is 1.46. The highest BCUT2D eigenvalue weighted by atomic mass is 16.5. The van der Waals surface area contributed by atoms with Crippen molar-refractivity contribution in [2.75, 3.05) is 27.3 Å². The van der Waals surface area contributed by atoms with Gasteiger partial charge in [-0.25, -0.2) is 9.97 Å². The Morgan fingerprint density at radius 3 is 1.42 bits per heavy atom. The lowest BCUT2D eigenvalue weighted by Crippen LogP contribution is -2.28. The molecule has 0 radical (unpaired) electrons. The number of carboxylic acid groups (broad SMARTS) is 2. The van der Waals surface area contributed by atoms with Crippen LogP contribution in [0.25, 0.3) is 35.4 Å². The number of methoxy groups -OCH3 is 2. The normalized spacial score (nSPS) is 12.7. The molecular formula is C40H46N4O8. The van der Waals surface area contributed by atoms with E-state index in [0.717, 1.165) is 44.5 Å². The average Bonchev–Trinajstić information content (AvgIpc) is 3.11. The van der Waals surface area contributed by atoms with Gasteiger partial charge in [-0.1, -0.05) is 60.7 Å². The van der Waals surface area contributed by atoms with Crippen LogP contribution < -0.4 is 20.1 Å². The van der Waals surface area contributed by atoms with Crippen molar-refractivity contribution in [3.63, 3.8) is 0 Å². The zero-order valence-corrected chi connectivity index (χ0v) is 29.8. The second-order valence-corrected chi connectivity index (χ2v) is 12.3. The van der Waals surface area contributed by atoms with Gasteiger partial charge in [-0.3, -0.25) is 9.59 Å². The molecule has 0 amide bonds. The Morgan fingerprint density at radius 2 is 1.06 bits per heavy atom. The molecule has 2 heterocycles. The Morgan fingerprint density at radius 1 is 0.654 bits per heavy atom. The molecule has 12 nitrogen and oxygen atoms in total. The molecular weight excluding hydrogens is 664 g/mol. The third-order valence-corrected chi connectivity index (χ3v) is 8.43. The molecule has 0 saturated carbocycles. The second-order valence-electron chi connectivity index (χ2n) is 12.3. The first-order chi connectivity index (χ1) is 25.0. The van der Waals surface area contributed by atoms with E-state index in [1.165, 1.54) is 0 Å². The Hall–Kier alpha value is -5.40. The van der Waals surface area contributed by atoms with E-state index in [9.17, 15) is 19.8 Å². The van der Waals surface area contributed by atoms with Crippen LogP contribution >= 0.6 is 0 Å². The van der Waals surface area contributed by atoms with Crippen LogP contribution in [0, 0.1) is 13.8 Å². The molecule has 0 aliphatic heterocycles. The van der Waals surface area contributed by atoms with Gasteiger partial charge in [0.2, 0.25) is 11.8 Å². The summed E-state index contributed by atoms with van der Waals surface area (Å²) in [5.41, 5.74) is 9.53. The molecule has 2 aromatic heterocycles. The van der Waals surface area contributed by atoms with Crippen LogP contribution in [0.5, 0.6) is 11.8 Å². The standard InChI is InChI=1S/C40H46N4O8/c1-25-27(11-15-31-17-13-29(39(43-31)51-3)21-41-23-33(45)19-37(47)48)7-5-9-35(25)36-10-6-8-28(26(36)2)12-16-32-18-14-30(40(44-32)52-4)22-42-24-34(46)20-38(49)50/h5-18,33-34,41-42,45-46H,19-24H2,1-4H3,(H,47,48)(H,49,50)/b15-11+,16-12+/t33-,34-/m0/s1. The molecule has 2 aromatic carbocycles. The van der Waals surface area contributed by atoms with Crippen molar-refractivity contribution in [3.8, 4) is 22.9 Å². The molecule has 0 fully saturated rings. The van der Waals surface area contributed by atoms with Gasteiger partial charge in [0.1, 0.15) is 0 Å². The summed E-state index contributed by atoms with van der Waals surface area (Å²) in [5, 5.41) is 43.4. The first kappa shape index (κ1) is 39.4. The molecule has 0 unspecified atom stereocenters. The van der Waals surface area contributed by atoms with Gasteiger partial charge in [0.15, 0.2) is 0 Å². The molecule has 12 heteroatoms. The zero-order valence-electron chi connectivity index (χ0n) is 29.8. The van der Waals surface area contributed by atoms with E-state index in [1.54, 1.807) is 14.2 Å². The third kappa shape index (κ3) is 11.3. The van der Waals surface area contributed by atoms with Gasteiger partial charge in [0.05, 0.1) is 50.7 Å². The minimum absolute atomic E-state index is 0.137. The van der Waals surface area contributed by atoms with Crippen molar-refractivity contribution in [2.24, 2.45) is 0 Å². The van der Waals surface area contributed by atoms with E-state index < -0.39 is 24.1 Å². The second kappa shape index (κ2) is 19.3. The Bertz CT molecular complexity index is 1770. The minimum Gasteiger partial charge on any atom is -0.481 e. The predicted molar refractivity (Wildman–Crippen MR) is 201 cm³/mol. The average molecular weight is 711 g/mol. The fourth-order valence-corrected chi connectivity index (χ4v) is 5.67. The predicted octanol–water partition coefficient (Wildman–Crippen LogP) is 4.97. The molecule has 0 saturated heterocycles. The monoisotopic (exact) mass is 710 g/mol. The minimum atomic E-state index is -1.05. The first-order valence-electron chi connectivity index (χ1n) is 16.8. The molecule has 0 spiro atoms. The summed E-state index contributed by atoms with van der Waals surface area (Å²) in [5.74, 6) is -1.21. The Kier molecular flexibility index (Phi) is 14.6. The van der Waals surface area contributed by atoms with Gasteiger partial charge in [-0.05, 0) is 71.5 Å². The van der Waals surface area contributed by atoms with E-state index in [2.05, 4.69) is 58.7 Å². The molecule has 2 atom stereocenters. The number of benzene rings is 2. The maximum atomic E-state index is 10.8. The number of nitrogens with zero attached hydrogens (tertiary/aromatic N) is 2. The van der Waals surface area contributed by atoms with Crippen LogP contribution in [0.2, 0.25) is 0 Å². The molecule has 0 bridgehead atoms. The summed E-state index contributed by atoms with van der Waals surface area (Å²) in [4.78, 5) is 30.8. The van der Waals surface area contributed by atoms with Crippen molar-refractivity contribution >= 4 is 36.2 Å². The SMILES string of the molecule is COc1nc(/C=C/c2cccc(-c3cccc(/C=C/c4ccc(CNC[C@@H](O)CC(=O)O)c(OC)n4)c3C)c2C)ccc1CNC[C@@H](O)CC(=O)O. The van der Waals surface area contributed by atoms with Gasteiger partial charge in [0, 0.05) is 37.3 Å². The summed E-state index contributed by atoms with van der Waals surface area (Å²) in [6.45, 7) is 5.20. The lowest BCUT2D eigenvalue weighted by Gasteiger charge is -2.14. The fraction of sp³-hybridized carbons (Fsp3) is 0.300. The number of aromatic nitrogens is 2. The van der Waals surface area contributed by atoms with Crippen molar-refractivity contribution < 1.29 is 39.5 Å². The van der Waals surface area contributed by atoms with Gasteiger partial charge in [0.25, 0.3) is 0 Å². The molecule has 52 heavy (non-hydrogen) atoms. The zero-order chi connectivity index (χ0) is 37.6. The van der Waals surface area contributed by atoms with E-state index in [0.29, 0.717) is 36.2 Å². The van der Waals surface area contributed by atoms with Gasteiger partial charge in [-0.15, -0.1) is 0 Å². The lowest BCUT2D eigenvalue weighted by molar-refractivity contribution is -0.140. The molecule has 6 N–H and O–H groups in total. The number of nitrogens with one attached hydrogen (secondary N) is 2. The maximum Gasteiger partial charge on any atom is 0.306 e. The molecule has 0 aliphatic carbocycles. The molecule has 4 rings (SSSR count). The number of carbonyl (C=O) groups is 2.